The van der Waals surface area contributed by atoms with Crippen molar-refractivity contribution in [3.63, 3.8) is 0 Å². The van der Waals surface area contributed by atoms with E-state index in [4.69, 9.17) is 22.1 Å². The smallest absolute Gasteiger partial charge is 0.0656 e. The predicted octanol–water partition coefficient (Wildman–Crippen LogP) is 1.83. The molecule has 0 radical (unpaired) electrons. The fraction of sp³-hybridized carbons (Fsp3) is 0.600. The fourth-order valence-corrected chi connectivity index (χ4v) is 3.04. The average Bonchev–Trinajstić information content (AvgIpc) is 2.48. The Morgan fingerprint density at radius 3 is 2.45 bits per heavy atom. The number of hydrogen-bond donors (Lipinski definition) is 1. The Morgan fingerprint density at radius 2 is 1.90 bits per heavy atom. The van der Waals surface area contributed by atoms with Crippen LogP contribution >= 0.6 is 11.6 Å². The SMILES string of the molecule is COCC(C)(CN)N1CCN(c2ccccc2Cl)CC1. The van der Waals surface area contributed by atoms with E-state index < -0.39 is 0 Å². The lowest BCUT2D eigenvalue weighted by molar-refractivity contribution is 0.0236. The van der Waals surface area contributed by atoms with E-state index in [2.05, 4.69) is 22.8 Å². The maximum absolute atomic E-state index is 6.27. The lowest BCUT2D eigenvalue weighted by atomic mass is 10.00. The molecule has 5 heteroatoms. The van der Waals surface area contributed by atoms with Crippen LogP contribution in [0, 0.1) is 0 Å². The van der Waals surface area contributed by atoms with Gasteiger partial charge in [-0.25, -0.2) is 0 Å². The molecule has 1 aliphatic heterocycles. The molecular formula is C15H24ClN3O. The molecule has 1 heterocycles. The topological polar surface area (TPSA) is 41.7 Å². The molecule has 0 spiro atoms. The Hall–Kier alpha value is -0.810. The van der Waals surface area contributed by atoms with Crippen LogP contribution in [0.15, 0.2) is 24.3 Å². The normalized spacial score (nSPS) is 19.9. The van der Waals surface area contributed by atoms with E-state index in [1.807, 2.05) is 18.2 Å². The highest BCUT2D eigenvalue weighted by molar-refractivity contribution is 6.33. The number of rotatable bonds is 5. The van der Waals surface area contributed by atoms with Crippen LogP contribution in [0.5, 0.6) is 0 Å². The van der Waals surface area contributed by atoms with E-state index in [-0.39, 0.29) is 5.54 Å². The van der Waals surface area contributed by atoms with Crippen molar-refractivity contribution in [2.75, 3.05) is 51.3 Å². The third-order valence-corrected chi connectivity index (χ3v) is 4.45. The first-order valence-corrected chi connectivity index (χ1v) is 7.42. The van der Waals surface area contributed by atoms with Crippen molar-refractivity contribution in [1.29, 1.82) is 0 Å². The van der Waals surface area contributed by atoms with E-state index in [0.29, 0.717) is 13.2 Å². The highest BCUT2D eigenvalue weighted by atomic mass is 35.5. The van der Waals surface area contributed by atoms with E-state index in [0.717, 1.165) is 36.9 Å². The average molecular weight is 298 g/mol. The molecule has 1 unspecified atom stereocenters. The van der Waals surface area contributed by atoms with Gasteiger partial charge < -0.3 is 15.4 Å². The van der Waals surface area contributed by atoms with Crippen LogP contribution in [0.3, 0.4) is 0 Å². The van der Waals surface area contributed by atoms with Crippen LogP contribution in [0.2, 0.25) is 5.02 Å². The summed E-state index contributed by atoms with van der Waals surface area (Å²) in [5, 5.41) is 0.819. The zero-order valence-electron chi connectivity index (χ0n) is 12.3. The maximum Gasteiger partial charge on any atom is 0.0656 e. The van der Waals surface area contributed by atoms with Crippen molar-refractivity contribution in [3.8, 4) is 0 Å². The zero-order valence-corrected chi connectivity index (χ0v) is 13.1. The van der Waals surface area contributed by atoms with Crippen LogP contribution in [0.25, 0.3) is 0 Å². The van der Waals surface area contributed by atoms with Gasteiger partial charge in [0, 0.05) is 39.8 Å². The first kappa shape index (κ1) is 15.6. The molecule has 1 aromatic carbocycles. The number of hydrogen-bond acceptors (Lipinski definition) is 4. The minimum Gasteiger partial charge on any atom is -0.383 e. The van der Waals surface area contributed by atoms with E-state index >= 15 is 0 Å². The number of nitrogens with zero attached hydrogens (tertiary/aromatic N) is 2. The molecule has 2 N–H and O–H groups in total. The largest absolute Gasteiger partial charge is 0.383 e. The molecule has 1 aromatic rings. The van der Waals surface area contributed by atoms with Gasteiger partial charge in [-0.05, 0) is 19.1 Å². The van der Waals surface area contributed by atoms with Crippen molar-refractivity contribution < 1.29 is 4.74 Å². The van der Waals surface area contributed by atoms with Crippen LogP contribution in [0.4, 0.5) is 5.69 Å². The highest BCUT2D eigenvalue weighted by Gasteiger charge is 2.33. The molecule has 1 atom stereocenters. The first-order chi connectivity index (χ1) is 9.60. The number of para-hydroxylation sites is 1. The second-order valence-corrected chi connectivity index (χ2v) is 5.97. The molecule has 0 aromatic heterocycles. The zero-order chi connectivity index (χ0) is 14.6. The molecule has 0 bridgehead atoms. The summed E-state index contributed by atoms with van der Waals surface area (Å²) in [7, 11) is 1.73. The van der Waals surface area contributed by atoms with Gasteiger partial charge in [-0.15, -0.1) is 0 Å². The highest BCUT2D eigenvalue weighted by Crippen LogP contribution is 2.27. The Labute approximate surface area is 126 Å². The number of ether oxygens (including phenoxy) is 1. The summed E-state index contributed by atoms with van der Waals surface area (Å²) in [5.41, 5.74) is 6.98. The quantitative estimate of drug-likeness (QED) is 0.900. The molecular weight excluding hydrogens is 274 g/mol. The van der Waals surface area contributed by atoms with Gasteiger partial charge in [-0.2, -0.15) is 0 Å². The molecule has 0 amide bonds. The number of methoxy groups -OCH3 is 1. The molecule has 0 saturated carbocycles. The van der Waals surface area contributed by atoms with Gasteiger partial charge in [-0.3, -0.25) is 4.90 Å². The van der Waals surface area contributed by atoms with Crippen molar-refractivity contribution in [3.05, 3.63) is 29.3 Å². The molecule has 1 saturated heterocycles. The van der Waals surface area contributed by atoms with Crippen molar-refractivity contribution in [2.45, 2.75) is 12.5 Å². The summed E-state index contributed by atoms with van der Waals surface area (Å²) in [6.45, 7) is 7.31. The van der Waals surface area contributed by atoms with Gasteiger partial charge >= 0.3 is 0 Å². The molecule has 2 rings (SSSR count). The molecule has 112 valence electrons. The second kappa shape index (κ2) is 6.76. The third kappa shape index (κ3) is 3.26. The molecule has 1 aliphatic rings. The number of nitrogens with two attached hydrogens (primary N) is 1. The monoisotopic (exact) mass is 297 g/mol. The van der Waals surface area contributed by atoms with Gasteiger partial charge in [0.2, 0.25) is 0 Å². The van der Waals surface area contributed by atoms with Crippen LogP contribution in [-0.2, 0) is 4.74 Å². The summed E-state index contributed by atoms with van der Waals surface area (Å²) in [6, 6.07) is 8.02. The van der Waals surface area contributed by atoms with Gasteiger partial charge in [0.1, 0.15) is 0 Å². The van der Waals surface area contributed by atoms with Crippen LogP contribution in [0.1, 0.15) is 6.92 Å². The second-order valence-electron chi connectivity index (χ2n) is 5.56. The lowest BCUT2D eigenvalue weighted by Crippen LogP contribution is -2.60. The molecule has 1 fully saturated rings. The Kier molecular flexibility index (Phi) is 5.27. The van der Waals surface area contributed by atoms with Crippen molar-refractivity contribution in [2.24, 2.45) is 5.73 Å². The molecule has 0 aliphatic carbocycles. The van der Waals surface area contributed by atoms with Crippen LogP contribution < -0.4 is 10.6 Å². The van der Waals surface area contributed by atoms with Gasteiger partial charge in [0.15, 0.2) is 0 Å². The van der Waals surface area contributed by atoms with E-state index in [1.54, 1.807) is 7.11 Å². The van der Waals surface area contributed by atoms with E-state index in [1.165, 1.54) is 0 Å². The molecule has 20 heavy (non-hydrogen) atoms. The van der Waals surface area contributed by atoms with Gasteiger partial charge in [0.25, 0.3) is 0 Å². The standard InChI is InChI=1S/C15H24ClN3O/c1-15(11-17,12-20-2)19-9-7-18(8-10-19)14-6-4-3-5-13(14)16/h3-6H,7-12,17H2,1-2H3. The first-order valence-electron chi connectivity index (χ1n) is 7.04. The number of halogens is 1. The molecule has 4 nitrogen and oxygen atoms in total. The van der Waals surface area contributed by atoms with Gasteiger partial charge in [0.05, 0.1) is 22.9 Å². The Morgan fingerprint density at radius 1 is 1.25 bits per heavy atom. The van der Waals surface area contributed by atoms with E-state index in [9.17, 15) is 0 Å². The maximum atomic E-state index is 6.27. The van der Waals surface area contributed by atoms with Crippen molar-refractivity contribution in [1.82, 2.24) is 4.90 Å². The predicted molar refractivity (Wildman–Crippen MR) is 84.6 cm³/mol. The minimum absolute atomic E-state index is 0.0820. The number of benzene rings is 1. The van der Waals surface area contributed by atoms with Crippen LogP contribution in [-0.4, -0.2) is 56.9 Å². The minimum atomic E-state index is -0.0820. The number of piperazine rings is 1. The third-order valence-electron chi connectivity index (χ3n) is 4.13. The Balaban J connectivity index is 2.00. The lowest BCUT2D eigenvalue weighted by Gasteiger charge is -2.45. The summed E-state index contributed by atoms with van der Waals surface area (Å²) < 4.78 is 5.33. The summed E-state index contributed by atoms with van der Waals surface area (Å²) in [5.74, 6) is 0. The number of anilines is 1. The summed E-state index contributed by atoms with van der Waals surface area (Å²) in [6.07, 6.45) is 0. The van der Waals surface area contributed by atoms with Crippen molar-refractivity contribution >= 4 is 17.3 Å². The summed E-state index contributed by atoms with van der Waals surface area (Å²) >= 11 is 6.27. The summed E-state index contributed by atoms with van der Waals surface area (Å²) in [4.78, 5) is 4.76. The Bertz CT molecular complexity index is 435. The fourth-order valence-electron chi connectivity index (χ4n) is 2.79. The van der Waals surface area contributed by atoms with Gasteiger partial charge in [-0.1, -0.05) is 23.7 Å².